The van der Waals surface area contributed by atoms with Gasteiger partial charge in [0.2, 0.25) is 0 Å². The van der Waals surface area contributed by atoms with Gasteiger partial charge in [-0.1, -0.05) is 18.2 Å². The van der Waals surface area contributed by atoms with Crippen molar-refractivity contribution in [2.45, 2.75) is 31.2 Å². The molecule has 1 aliphatic heterocycles. The van der Waals surface area contributed by atoms with Crippen LogP contribution in [0.3, 0.4) is 0 Å². The van der Waals surface area contributed by atoms with Gasteiger partial charge in [-0.05, 0) is 72.3 Å². The lowest BCUT2D eigenvalue weighted by Crippen LogP contribution is -2.36. The first-order chi connectivity index (χ1) is 13.6. The number of methoxy groups -OCH3 is 2. The number of hydrogen-bond acceptors (Lipinski definition) is 5. The molecule has 2 aliphatic carbocycles. The Morgan fingerprint density at radius 2 is 1.89 bits per heavy atom. The molecule has 0 amide bonds. The summed E-state index contributed by atoms with van der Waals surface area (Å²) < 4.78 is 11.3. The molecule has 2 fully saturated rings. The van der Waals surface area contributed by atoms with E-state index < -0.39 is 5.97 Å². The van der Waals surface area contributed by atoms with Crippen molar-refractivity contribution in [1.29, 1.82) is 0 Å². The average Bonchev–Trinajstić information content (AvgIpc) is 3.34. The molecule has 5 atom stereocenters. The fraction of sp³-hybridized carbons (Fsp3) is 0.435. The maximum atomic E-state index is 11.4. The largest absolute Gasteiger partial charge is 0.545 e. The van der Waals surface area contributed by atoms with Gasteiger partial charge in [-0.15, -0.1) is 0 Å². The third-order valence-electron chi connectivity index (χ3n) is 7.09. The highest BCUT2D eigenvalue weighted by Crippen LogP contribution is 2.64. The maximum Gasteiger partial charge on any atom is 0.165 e. The van der Waals surface area contributed by atoms with Gasteiger partial charge >= 0.3 is 0 Å². The number of benzene rings is 2. The number of carboxylic acid groups (broad SMARTS) is 1. The first-order valence-electron chi connectivity index (χ1n) is 9.95. The zero-order chi connectivity index (χ0) is 19.4. The smallest absolute Gasteiger partial charge is 0.165 e. The number of carboxylic acids is 1. The highest BCUT2D eigenvalue weighted by atomic mass is 16.5. The molecule has 2 bridgehead atoms. The zero-order valence-electron chi connectivity index (χ0n) is 16.1. The average molecular weight is 378 g/mol. The van der Waals surface area contributed by atoms with E-state index in [4.69, 9.17) is 9.47 Å². The molecule has 5 nitrogen and oxygen atoms in total. The molecule has 146 valence electrons. The molecule has 1 heterocycles. The first kappa shape index (κ1) is 17.4. The summed E-state index contributed by atoms with van der Waals surface area (Å²) in [4.78, 5) is 11.4. The summed E-state index contributed by atoms with van der Waals surface area (Å²) in [5.41, 5.74) is 3.53. The van der Waals surface area contributed by atoms with E-state index in [2.05, 4.69) is 11.4 Å². The molecular weight excluding hydrogens is 354 g/mol. The molecule has 3 aliphatic rings. The van der Waals surface area contributed by atoms with E-state index in [1.807, 2.05) is 24.3 Å². The molecule has 0 spiro atoms. The van der Waals surface area contributed by atoms with Gasteiger partial charge in [-0.2, -0.15) is 0 Å². The van der Waals surface area contributed by atoms with Gasteiger partial charge in [0.15, 0.2) is 11.5 Å². The van der Waals surface area contributed by atoms with Crippen LogP contribution in [0.4, 0.5) is 5.69 Å². The minimum absolute atomic E-state index is 0.117. The van der Waals surface area contributed by atoms with Crippen LogP contribution in [0.5, 0.6) is 11.5 Å². The van der Waals surface area contributed by atoms with Crippen molar-refractivity contribution in [2.24, 2.45) is 17.8 Å². The zero-order valence-corrected chi connectivity index (χ0v) is 16.1. The fourth-order valence-corrected chi connectivity index (χ4v) is 6.08. The van der Waals surface area contributed by atoms with E-state index in [1.54, 1.807) is 20.3 Å². The quantitative estimate of drug-likeness (QED) is 0.883. The van der Waals surface area contributed by atoms with Gasteiger partial charge in [0, 0.05) is 11.3 Å². The van der Waals surface area contributed by atoms with Crippen molar-refractivity contribution < 1.29 is 19.4 Å². The highest BCUT2D eigenvalue weighted by Gasteiger charge is 2.54. The van der Waals surface area contributed by atoms with E-state index >= 15 is 0 Å². The summed E-state index contributed by atoms with van der Waals surface area (Å²) in [6.45, 7) is 0. The lowest BCUT2D eigenvalue weighted by molar-refractivity contribution is -0.255. The number of rotatable bonds is 4. The van der Waals surface area contributed by atoms with Gasteiger partial charge in [0.25, 0.3) is 0 Å². The van der Waals surface area contributed by atoms with E-state index in [-0.39, 0.29) is 11.6 Å². The van der Waals surface area contributed by atoms with Gasteiger partial charge in [-0.25, -0.2) is 0 Å². The Hall–Kier alpha value is -2.69. The minimum Gasteiger partial charge on any atom is -0.545 e. The Labute approximate surface area is 164 Å². The van der Waals surface area contributed by atoms with Crippen LogP contribution < -0.4 is 19.9 Å². The van der Waals surface area contributed by atoms with Crippen molar-refractivity contribution >= 4 is 11.7 Å². The summed E-state index contributed by atoms with van der Waals surface area (Å²) in [7, 11) is 3.34. The standard InChI is InChI=1S/C23H25NO4/c1-27-18-5-3-4-15(22(18)28-2)21-20-13-7-6-12(10-13)19(20)16-11-14(23(25)26)8-9-17(16)24-21/h3-5,8-9,11-13,19-21,24H,6-7,10H2,1-2H3,(H,25,26)/p-1/t12-,13+,19+,20-,21+/m0/s1. The number of hydrogen-bond donors (Lipinski definition) is 1. The molecular formula is C23H24NO4-. The number of anilines is 1. The summed E-state index contributed by atoms with van der Waals surface area (Å²) in [6.07, 6.45) is 3.68. The SMILES string of the molecule is COc1cccc([C@H]2Nc3ccc(C(=O)[O-])cc3[C@H]3[C@H]4CC[C@H](C4)[C@@H]32)c1OC. The van der Waals surface area contributed by atoms with Crippen LogP contribution in [0.1, 0.15) is 52.7 Å². The summed E-state index contributed by atoms with van der Waals surface area (Å²) in [5.74, 6) is 2.45. The van der Waals surface area contributed by atoms with Crippen molar-refractivity contribution in [3.05, 3.63) is 53.1 Å². The molecule has 5 rings (SSSR count). The summed E-state index contributed by atoms with van der Waals surface area (Å²) >= 11 is 0. The van der Waals surface area contributed by atoms with E-state index in [0.717, 1.165) is 28.3 Å². The van der Waals surface area contributed by atoms with Crippen LogP contribution >= 0.6 is 0 Å². The second kappa shape index (κ2) is 6.43. The van der Waals surface area contributed by atoms with Gasteiger partial charge in [-0.3, -0.25) is 0 Å². The van der Waals surface area contributed by atoms with Crippen LogP contribution in [0.15, 0.2) is 36.4 Å². The number of carbonyl (C=O) groups is 1. The van der Waals surface area contributed by atoms with Crippen LogP contribution in [-0.4, -0.2) is 20.2 Å². The second-order valence-electron chi connectivity index (χ2n) is 8.23. The van der Waals surface area contributed by atoms with Crippen molar-refractivity contribution in [2.75, 3.05) is 19.5 Å². The van der Waals surface area contributed by atoms with Crippen LogP contribution in [0, 0.1) is 17.8 Å². The van der Waals surface area contributed by atoms with Gasteiger partial charge < -0.3 is 24.7 Å². The third kappa shape index (κ3) is 2.42. The lowest BCUT2D eigenvalue weighted by Gasteiger charge is -2.44. The van der Waals surface area contributed by atoms with Crippen LogP contribution in [-0.2, 0) is 0 Å². The Morgan fingerprint density at radius 3 is 2.64 bits per heavy atom. The number of carbonyl (C=O) groups excluding carboxylic acids is 1. The van der Waals surface area contributed by atoms with E-state index in [1.165, 1.54) is 19.3 Å². The monoisotopic (exact) mass is 378 g/mol. The van der Waals surface area contributed by atoms with Gasteiger partial charge in [0.1, 0.15) is 0 Å². The van der Waals surface area contributed by atoms with E-state index in [9.17, 15) is 9.90 Å². The molecule has 5 heteroatoms. The summed E-state index contributed by atoms with van der Waals surface area (Å²) in [5, 5.41) is 15.1. The Bertz CT molecular complexity index is 940. The Balaban J connectivity index is 1.65. The summed E-state index contributed by atoms with van der Waals surface area (Å²) in [6, 6.07) is 11.5. The molecule has 28 heavy (non-hydrogen) atoms. The second-order valence-corrected chi connectivity index (χ2v) is 8.23. The Morgan fingerprint density at radius 1 is 1.07 bits per heavy atom. The van der Waals surface area contributed by atoms with Gasteiger partial charge in [0.05, 0.1) is 26.2 Å². The minimum atomic E-state index is -1.11. The predicted octanol–water partition coefficient (Wildman–Crippen LogP) is 3.36. The van der Waals surface area contributed by atoms with Crippen molar-refractivity contribution in [1.82, 2.24) is 0 Å². The van der Waals surface area contributed by atoms with Crippen LogP contribution in [0.25, 0.3) is 0 Å². The molecule has 1 N–H and O–H groups in total. The number of ether oxygens (including phenoxy) is 2. The normalized spacial score (nSPS) is 29.6. The number of aromatic carboxylic acids is 1. The number of para-hydroxylation sites is 1. The molecule has 2 aromatic rings. The third-order valence-corrected chi connectivity index (χ3v) is 7.09. The number of nitrogens with one attached hydrogen (secondary N) is 1. The molecule has 0 saturated heterocycles. The topological polar surface area (TPSA) is 70.6 Å². The molecule has 0 aromatic heterocycles. The van der Waals surface area contributed by atoms with E-state index in [0.29, 0.717) is 23.7 Å². The lowest BCUT2D eigenvalue weighted by atomic mass is 9.67. The molecule has 0 radical (unpaired) electrons. The fourth-order valence-electron chi connectivity index (χ4n) is 6.08. The van der Waals surface area contributed by atoms with Crippen LogP contribution in [0.2, 0.25) is 0 Å². The molecule has 2 saturated carbocycles. The predicted molar refractivity (Wildman–Crippen MR) is 104 cm³/mol. The maximum absolute atomic E-state index is 11.4. The highest BCUT2D eigenvalue weighted by molar-refractivity contribution is 5.87. The van der Waals surface area contributed by atoms with Crippen molar-refractivity contribution in [3.63, 3.8) is 0 Å². The first-order valence-corrected chi connectivity index (χ1v) is 9.95. The Kier molecular flexibility index (Phi) is 4.00. The molecule has 0 unspecified atom stereocenters. The van der Waals surface area contributed by atoms with Crippen molar-refractivity contribution in [3.8, 4) is 11.5 Å². The number of fused-ring (bicyclic) bond motifs is 7. The molecule has 2 aromatic carbocycles.